The Morgan fingerprint density at radius 2 is 2.50 bits per heavy atom. The first kappa shape index (κ1) is 11.3. The molecule has 0 aromatic carbocycles. The van der Waals surface area contributed by atoms with E-state index in [1.807, 2.05) is 17.8 Å². The van der Waals surface area contributed by atoms with Crippen LogP contribution in [0, 0.1) is 5.41 Å². The fourth-order valence-corrected chi connectivity index (χ4v) is 2.22. The molecule has 0 spiro atoms. The van der Waals surface area contributed by atoms with Crippen molar-refractivity contribution in [3.05, 3.63) is 18.2 Å². The van der Waals surface area contributed by atoms with E-state index in [2.05, 4.69) is 17.2 Å². The third-order valence-corrected chi connectivity index (χ3v) is 3.54. The Morgan fingerprint density at radius 3 is 3.06 bits per heavy atom. The number of aromatic nitrogens is 2. The maximum atomic E-state index is 12.1. The molecule has 1 saturated heterocycles. The van der Waals surface area contributed by atoms with Gasteiger partial charge in [0.05, 0.1) is 0 Å². The van der Waals surface area contributed by atoms with Crippen molar-refractivity contribution in [3.8, 4) is 0 Å². The van der Waals surface area contributed by atoms with E-state index in [9.17, 15) is 4.79 Å². The third-order valence-electron chi connectivity index (χ3n) is 3.54. The van der Waals surface area contributed by atoms with E-state index in [1.54, 1.807) is 6.20 Å². The smallest absolute Gasteiger partial charge is 0.140 e. The molecule has 0 aliphatic carbocycles. The zero-order chi connectivity index (χ0) is 11.6. The van der Waals surface area contributed by atoms with Crippen LogP contribution in [0.2, 0.25) is 0 Å². The minimum Gasteiger partial charge on any atom is -0.338 e. The zero-order valence-corrected chi connectivity index (χ0v) is 9.99. The Bertz CT molecular complexity index is 377. The highest BCUT2D eigenvalue weighted by Crippen LogP contribution is 2.27. The Balaban J connectivity index is 1.91. The van der Waals surface area contributed by atoms with Crippen molar-refractivity contribution in [2.75, 3.05) is 13.1 Å². The average molecular weight is 221 g/mol. The molecule has 0 saturated carbocycles. The third kappa shape index (κ3) is 2.16. The monoisotopic (exact) mass is 221 g/mol. The molecule has 4 nitrogen and oxygen atoms in total. The summed E-state index contributed by atoms with van der Waals surface area (Å²) in [6.07, 6.45) is 6.00. The predicted molar refractivity (Wildman–Crippen MR) is 62.1 cm³/mol. The van der Waals surface area contributed by atoms with Gasteiger partial charge in [-0.3, -0.25) is 4.79 Å². The molecule has 1 aliphatic heterocycles. The standard InChI is InChI=1S/C12H19N3O/c1-12(5-6-13-9-12)10(16)3-4-11-14-7-8-15(11)2/h7-8,13H,3-6,9H2,1-2H3. The number of aryl methyl sites for hydroxylation is 2. The van der Waals surface area contributed by atoms with Crippen molar-refractivity contribution in [2.24, 2.45) is 12.5 Å². The molecule has 0 bridgehead atoms. The topological polar surface area (TPSA) is 46.9 Å². The maximum Gasteiger partial charge on any atom is 0.140 e. The summed E-state index contributed by atoms with van der Waals surface area (Å²) < 4.78 is 1.97. The minimum absolute atomic E-state index is 0.148. The molecule has 1 N–H and O–H groups in total. The number of Topliss-reactive ketones (excluding diaryl/α,β-unsaturated/α-hetero) is 1. The predicted octanol–water partition coefficient (Wildman–Crippen LogP) is 0.921. The highest BCUT2D eigenvalue weighted by Gasteiger charge is 2.35. The van der Waals surface area contributed by atoms with E-state index < -0.39 is 0 Å². The first-order valence-corrected chi connectivity index (χ1v) is 5.82. The fourth-order valence-electron chi connectivity index (χ4n) is 2.22. The van der Waals surface area contributed by atoms with Gasteiger partial charge < -0.3 is 9.88 Å². The van der Waals surface area contributed by atoms with Crippen molar-refractivity contribution < 1.29 is 4.79 Å². The van der Waals surface area contributed by atoms with Crippen LogP contribution in [0.1, 0.15) is 25.6 Å². The average Bonchev–Trinajstić information content (AvgIpc) is 2.85. The lowest BCUT2D eigenvalue weighted by molar-refractivity contribution is -0.127. The first-order valence-electron chi connectivity index (χ1n) is 5.82. The van der Waals surface area contributed by atoms with Crippen LogP contribution in [-0.2, 0) is 18.3 Å². The molecule has 1 aromatic rings. The SMILES string of the molecule is Cn1ccnc1CCC(=O)C1(C)CCNC1. The molecular weight excluding hydrogens is 202 g/mol. The molecule has 88 valence electrons. The minimum atomic E-state index is -0.148. The van der Waals surface area contributed by atoms with Crippen molar-refractivity contribution in [1.82, 2.24) is 14.9 Å². The van der Waals surface area contributed by atoms with E-state index in [4.69, 9.17) is 0 Å². The van der Waals surface area contributed by atoms with E-state index in [0.717, 1.165) is 31.8 Å². The van der Waals surface area contributed by atoms with Crippen LogP contribution in [0.25, 0.3) is 0 Å². The lowest BCUT2D eigenvalue weighted by Gasteiger charge is -2.20. The lowest BCUT2D eigenvalue weighted by Crippen LogP contribution is -2.30. The molecule has 1 aliphatic rings. The second-order valence-electron chi connectivity index (χ2n) is 4.86. The van der Waals surface area contributed by atoms with Crippen LogP contribution in [0.4, 0.5) is 0 Å². The van der Waals surface area contributed by atoms with Gasteiger partial charge in [0.1, 0.15) is 11.6 Å². The van der Waals surface area contributed by atoms with Crippen LogP contribution in [0.15, 0.2) is 12.4 Å². The molecule has 16 heavy (non-hydrogen) atoms. The molecule has 0 radical (unpaired) electrons. The van der Waals surface area contributed by atoms with Gasteiger partial charge in [-0.2, -0.15) is 0 Å². The van der Waals surface area contributed by atoms with Gasteiger partial charge in [0, 0.05) is 44.2 Å². The highest BCUT2D eigenvalue weighted by atomic mass is 16.1. The molecule has 1 aromatic heterocycles. The van der Waals surface area contributed by atoms with E-state index in [-0.39, 0.29) is 5.41 Å². The molecule has 1 atom stereocenters. The lowest BCUT2D eigenvalue weighted by atomic mass is 9.83. The summed E-state index contributed by atoms with van der Waals surface area (Å²) in [5.41, 5.74) is -0.148. The van der Waals surface area contributed by atoms with Crippen LogP contribution in [0.5, 0.6) is 0 Å². The number of carbonyl (C=O) groups excluding carboxylic acids is 1. The van der Waals surface area contributed by atoms with Gasteiger partial charge >= 0.3 is 0 Å². The van der Waals surface area contributed by atoms with Gasteiger partial charge in [-0.1, -0.05) is 6.92 Å². The summed E-state index contributed by atoms with van der Waals surface area (Å²) in [6, 6.07) is 0. The Labute approximate surface area is 96.1 Å². The van der Waals surface area contributed by atoms with Crippen molar-refractivity contribution in [2.45, 2.75) is 26.2 Å². The molecule has 4 heteroatoms. The van der Waals surface area contributed by atoms with Gasteiger partial charge in [0.25, 0.3) is 0 Å². The number of hydrogen-bond acceptors (Lipinski definition) is 3. The maximum absolute atomic E-state index is 12.1. The summed E-state index contributed by atoms with van der Waals surface area (Å²) in [5, 5.41) is 3.26. The summed E-state index contributed by atoms with van der Waals surface area (Å²) in [4.78, 5) is 16.3. The number of carbonyl (C=O) groups is 1. The zero-order valence-electron chi connectivity index (χ0n) is 9.99. The second kappa shape index (κ2) is 4.37. The van der Waals surface area contributed by atoms with E-state index in [0.29, 0.717) is 12.2 Å². The molecule has 1 fully saturated rings. The van der Waals surface area contributed by atoms with E-state index in [1.165, 1.54) is 0 Å². The number of nitrogens with one attached hydrogen (secondary N) is 1. The number of nitrogens with zero attached hydrogens (tertiary/aromatic N) is 2. The Hall–Kier alpha value is -1.16. The van der Waals surface area contributed by atoms with Crippen LogP contribution in [-0.4, -0.2) is 28.4 Å². The second-order valence-corrected chi connectivity index (χ2v) is 4.86. The molecular formula is C12H19N3O. The number of rotatable bonds is 4. The summed E-state index contributed by atoms with van der Waals surface area (Å²) in [7, 11) is 1.96. The van der Waals surface area contributed by atoms with Crippen molar-refractivity contribution >= 4 is 5.78 Å². The Kier molecular flexibility index (Phi) is 3.10. The van der Waals surface area contributed by atoms with E-state index >= 15 is 0 Å². The van der Waals surface area contributed by atoms with Gasteiger partial charge in [-0.25, -0.2) is 4.98 Å². The summed E-state index contributed by atoms with van der Waals surface area (Å²) in [5.74, 6) is 1.35. The number of ketones is 1. The molecule has 2 heterocycles. The summed E-state index contributed by atoms with van der Waals surface area (Å²) in [6.45, 7) is 3.85. The van der Waals surface area contributed by atoms with Gasteiger partial charge in [0.15, 0.2) is 0 Å². The Morgan fingerprint density at radius 1 is 1.69 bits per heavy atom. The van der Waals surface area contributed by atoms with Crippen LogP contribution in [0.3, 0.4) is 0 Å². The van der Waals surface area contributed by atoms with Crippen LogP contribution >= 0.6 is 0 Å². The van der Waals surface area contributed by atoms with Crippen molar-refractivity contribution in [1.29, 1.82) is 0 Å². The molecule has 1 unspecified atom stereocenters. The number of imidazole rings is 1. The van der Waals surface area contributed by atoms with Gasteiger partial charge in [-0.15, -0.1) is 0 Å². The fraction of sp³-hybridized carbons (Fsp3) is 0.667. The molecule has 2 rings (SSSR count). The normalized spacial score (nSPS) is 24.9. The quantitative estimate of drug-likeness (QED) is 0.822. The molecule has 0 amide bonds. The highest BCUT2D eigenvalue weighted by molar-refractivity contribution is 5.85. The van der Waals surface area contributed by atoms with Gasteiger partial charge in [-0.05, 0) is 13.0 Å². The van der Waals surface area contributed by atoms with Crippen LogP contribution < -0.4 is 5.32 Å². The number of hydrogen-bond donors (Lipinski definition) is 1. The summed E-state index contributed by atoms with van der Waals surface area (Å²) >= 11 is 0. The van der Waals surface area contributed by atoms with Crippen molar-refractivity contribution in [3.63, 3.8) is 0 Å². The first-order chi connectivity index (χ1) is 7.62. The van der Waals surface area contributed by atoms with Gasteiger partial charge in [0.2, 0.25) is 0 Å². The largest absolute Gasteiger partial charge is 0.338 e.